The zero-order valence-electron chi connectivity index (χ0n) is 10.4. The van der Waals surface area contributed by atoms with Gasteiger partial charge in [0.15, 0.2) is 0 Å². The van der Waals surface area contributed by atoms with Crippen LogP contribution < -0.4 is 10.5 Å². The predicted octanol–water partition coefficient (Wildman–Crippen LogP) is 2.65. The lowest BCUT2D eigenvalue weighted by Crippen LogP contribution is -2.25. The molecule has 2 atom stereocenters. The summed E-state index contributed by atoms with van der Waals surface area (Å²) in [6.07, 6.45) is 3.35. The second kappa shape index (κ2) is 6.03. The molecule has 3 heteroatoms. The van der Waals surface area contributed by atoms with Crippen LogP contribution >= 0.6 is 0 Å². The maximum absolute atomic E-state index is 6.22. The summed E-state index contributed by atoms with van der Waals surface area (Å²) in [7, 11) is 0. The highest BCUT2D eigenvalue weighted by atomic mass is 16.5. The van der Waals surface area contributed by atoms with Gasteiger partial charge in [-0.05, 0) is 37.0 Å². The number of benzene rings is 1. The monoisotopic (exact) mass is 235 g/mol. The van der Waals surface area contributed by atoms with Gasteiger partial charge in [-0.3, -0.25) is 0 Å². The number of ether oxygens (including phenoxy) is 2. The maximum Gasteiger partial charge on any atom is 0.119 e. The van der Waals surface area contributed by atoms with Crippen LogP contribution in [0.25, 0.3) is 0 Å². The average molecular weight is 235 g/mol. The van der Waals surface area contributed by atoms with Crippen molar-refractivity contribution in [2.75, 3.05) is 13.2 Å². The van der Waals surface area contributed by atoms with Crippen molar-refractivity contribution in [3.63, 3.8) is 0 Å². The van der Waals surface area contributed by atoms with E-state index in [0.29, 0.717) is 0 Å². The minimum absolute atomic E-state index is 0.0392. The van der Waals surface area contributed by atoms with E-state index < -0.39 is 0 Å². The molecule has 0 bridgehead atoms. The van der Waals surface area contributed by atoms with E-state index in [1.807, 2.05) is 24.3 Å². The first-order valence-electron chi connectivity index (χ1n) is 6.41. The van der Waals surface area contributed by atoms with Gasteiger partial charge in [0.1, 0.15) is 5.75 Å². The Kier molecular flexibility index (Phi) is 4.40. The molecule has 1 aromatic carbocycles. The second-order valence-corrected chi connectivity index (χ2v) is 4.50. The van der Waals surface area contributed by atoms with Gasteiger partial charge in [-0.15, -0.1) is 0 Å². The number of nitrogens with two attached hydrogens (primary N) is 1. The summed E-state index contributed by atoms with van der Waals surface area (Å²) in [6.45, 7) is 3.69. The Morgan fingerprint density at radius 3 is 3.12 bits per heavy atom. The maximum atomic E-state index is 6.22. The molecule has 0 saturated carbocycles. The fourth-order valence-electron chi connectivity index (χ4n) is 2.13. The third kappa shape index (κ3) is 3.20. The molecule has 2 N–H and O–H groups in total. The molecule has 1 aliphatic rings. The molecular weight excluding hydrogens is 214 g/mol. The van der Waals surface area contributed by atoms with E-state index in [9.17, 15) is 0 Å². The van der Waals surface area contributed by atoms with Crippen LogP contribution in [0.1, 0.15) is 37.8 Å². The van der Waals surface area contributed by atoms with Crippen molar-refractivity contribution >= 4 is 0 Å². The SMILES string of the molecule is CCCOc1cccc(C(N)C2CCCO2)c1. The van der Waals surface area contributed by atoms with Gasteiger partial charge >= 0.3 is 0 Å². The van der Waals surface area contributed by atoms with Crippen LogP contribution in [0.2, 0.25) is 0 Å². The molecule has 3 nitrogen and oxygen atoms in total. The molecule has 94 valence electrons. The van der Waals surface area contributed by atoms with Crippen molar-refractivity contribution in [2.24, 2.45) is 5.73 Å². The molecule has 0 aromatic heterocycles. The fourth-order valence-corrected chi connectivity index (χ4v) is 2.13. The zero-order valence-corrected chi connectivity index (χ0v) is 10.4. The fraction of sp³-hybridized carbons (Fsp3) is 0.571. The van der Waals surface area contributed by atoms with Crippen LogP contribution in [0.4, 0.5) is 0 Å². The lowest BCUT2D eigenvalue weighted by atomic mass is 10.0. The third-order valence-electron chi connectivity index (χ3n) is 3.08. The van der Waals surface area contributed by atoms with Crippen LogP contribution in [0.15, 0.2) is 24.3 Å². The molecule has 0 spiro atoms. The summed E-state index contributed by atoms with van der Waals surface area (Å²) < 4.78 is 11.2. The van der Waals surface area contributed by atoms with Crippen LogP contribution in [-0.2, 0) is 4.74 Å². The minimum atomic E-state index is -0.0392. The molecule has 0 aliphatic carbocycles. The van der Waals surface area contributed by atoms with Gasteiger partial charge < -0.3 is 15.2 Å². The Morgan fingerprint density at radius 2 is 2.41 bits per heavy atom. The van der Waals surface area contributed by atoms with E-state index in [-0.39, 0.29) is 12.1 Å². The van der Waals surface area contributed by atoms with Crippen molar-refractivity contribution < 1.29 is 9.47 Å². The molecule has 1 fully saturated rings. The van der Waals surface area contributed by atoms with E-state index in [0.717, 1.165) is 43.8 Å². The van der Waals surface area contributed by atoms with Crippen molar-refractivity contribution in [1.29, 1.82) is 0 Å². The van der Waals surface area contributed by atoms with Gasteiger partial charge in [0, 0.05) is 6.61 Å². The Hall–Kier alpha value is -1.06. The lowest BCUT2D eigenvalue weighted by molar-refractivity contribution is 0.0900. The van der Waals surface area contributed by atoms with E-state index in [2.05, 4.69) is 6.92 Å². The first kappa shape index (κ1) is 12.4. The van der Waals surface area contributed by atoms with E-state index in [1.165, 1.54) is 0 Å². The van der Waals surface area contributed by atoms with Crippen LogP contribution in [0.3, 0.4) is 0 Å². The number of hydrogen-bond acceptors (Lipinski definition) is 3. The highest BCUT2D eigenvalue weighted by Crippen LogP contribution is 2.26. The van der Waals surface area contributed by atoms with E-state index in [4.69, 9.17) is 15.2 Å². The number of rotatable bonds is 5. The van der Waals surface area contributed by atoms with Crippen LogP contribution in [-0.4, -0.2) is 19.3 Å². The van der Waals surface area contributed by atoms with Gasteiger partial charge in [0.05, 0.1) is 18.8 Å². The Labute approximate surface area is 103 Å². The summed E-state index contributed by atoms with van der Waals surface area (Å²) in [5, 5.41) is 0. The molecule has 1 saturated heterocycles. The van der Waals surface area contributed by atoms with Gasteiger partial charge in [-0.2, -0.15) is 0 Å². The van der Waals surface area contributed by atoms with Gasteiger partial charge in [0.25, 0.3) is 0 Å². The summed E-state index contributed by atoms with van der Waals surface area (Å²) in [5.74, 6) is 0.901. The lowest BCUT2D eigenvalue weighted by Gasteiger charge is -2.19. The summed E-state index contributed by atoms with van der Waals surface area (Å²) in [4.78, 5) is 0. The summed E-state index contributed by atoms with van der Waals surface area (Å²) >= 11 is 0. The molecule has 17 heavy (non-hydrogen) atoms. The van der Waals surface area contributed by atoms with Crippen molar-refractivity contribution in [3.05, 3.63) is 29.8 Å². The quantitative estimate of drug-likeness (QED) is 0.853. The number of hydrogen-bond donors (Lipinski definition) is 1. The second-order valence-electron chi connectivity index (χ2n) is 4.50. The van der Waals surface area contributed by atoms with Crippen molar-refractivity contribution in [3.8, 4) is 5.75 Å². The van der Waals surface area contributed by atoms with Crippen LogP contribution in [0.5, 0.6) is 5.75 Å². The Balaban J connectivity index is 2.03. The van der Waals surface area contributed by atoms with Crippen molar-refractivity contribution in [1.82, 2.24) is 0 Å². The van der Waals surface area contributed by atoms with Crippen LogP contribution in [0, 0.1) is 0 Å². The average Bonchev–Trinajstić information content (AvgIpc) is 2.89. The first-order chi connectivity index (χ1) is 8.31. The highest BCUT2D eigenvalue weighted by Gasteiger charge is 2.24. The minimum Gasteiger partial charge on any atom is -0.494 e. The molecule has 0 radical (unpaired) electrons. The zero-order chi connectivity index (χ0) is 12.1. The summed E-state index contributed by atoms with van der Waals surface area (Å²) in [5.41, 5.74) is 7.32. The highest BCUT2D eigenvalue weighted by molar-refractivity contribution is 5.31. The molecular formula is C14H21NO2. The topological polar surface area (TPSA) is 44.5 Å². The van der Waals surface area contributed by atoms with Crippen molar-refractivity contribution in [2.45, 2.75) is 38.3 Å². The molecule has 0 amide bonds. The van der Waals surface area contributed by atoms with Gasteiger partial charge in [0.2, 0.25) is 0 Å². The standard InChI is InChI=1S/C14H21NO2/c1-2-8-16-12-6-3-5-11(10-12)14(15)13-7-4-9-17-13/h3,5-6,10,13-14H,2,4,7-9,15H2,1H3. The molecule has 1 aliphatic heterocycles. The van der Waals surface area contributed by atoms with Gasteiger partial charge in [-0.1, -0.05) is 19.1 Å². The third-order valence-corrected chi connectivity index (χ3v) is 3.08. The van der Waals surface area contributed by atoms with Gasteiger partial charge in [-0.25, -0.2) is 0 Å². The Bertz CT molecular complexity index is 348. The molecule has 1 aromatic rings. The molecule has 2 rings (SSSR count). The van der Waals surface area contributed by atoms with E-state index >= 15 is 0 Å². The predicted molar refractivity (Wildman–Crippen MR) is 68.1 cm³/mol. The molecule has 2 unspecified atom stereocenters. The normalized spacial score (nSPS) is 21.4. The first-order valence-corrected chi connectivity index (χ1v) is 6.41. The largest absolute Gasteiger partial charge is 0.494 e. The van der Waals surface area contributed by atoms with E-state index in [1.54, 1.807) is 0 Å². The Morgan fingerprint density at radius 1 is 1.53 bits per heavy atom. The smallest absolute Gasteiger partial charge is 0.119 e. The molecule has 1 heterocycles. The summed E-state index contributed by atoms with van der Waals surface area (Å²) in [6, 6.07) is 8.01.